The second-order valence-corrected chi connectivity index (χ2v) is 7.13. The fourth-order valence-corrected chi connectivity index (χ4v) is 2.95. The molecule has 0 unspecified atom stereocenters. The number of benzene rings is 2. The van der Waals surface area contributed by atoms with Crippen LogP contribution < -0.4 is 10.1 Å². The maximum absolute atomic E-state index is 12.3. The van der Waals surface area contributed by atoms with Crippen molar-refractivity contribution in [2.75, 3.05) is 0 Å². The third kappa shape index (κ3) is 4.64. The molecule has 1 aromatic heterocycles. The summed E-state index contributed by atoms with van der Waals surface area (Å²) >= 11 is 12.3. The van der Waals surface area contributed by atoms with Gasteiger partial charge in [0.05, 0.1) is 11.6 Å². The first kappa shape index (κ1) is 20.2. The molecule has 1 N–H and O–H groups in total. The van der Waals surface area contributed by atoms with E-state index in [1.54, 1.807) is 31.2 Å². The Morgan fingerprint density at radius 3 is 2.57 bits per heavy atom. The molecule has 146 valence electrons. The molecule has 1 amide bonds. The number of halogens is 2. The largest absolute Gasteiger partial charge is 0.481 e. The van der Waals surface area contributed by atoms with Crippen molar-refractivity contribution in [3.05, 3.63) is 63.5 Å². The van der Waals surface area contributed by atoms with Gasteiger partial charge in [0.2, 0.25) is 11.7 Å². The number of carbonyl (C=O) groups excluding carboxylic acids is 1. The molecule has 0 aliphatic rings. The lowest BCUT2D eigenvalue weighted by molar-refractivity contribution is -0.127. The Balaban J connectivity index is 1.59. The van der Waals surface area contributed by atoms with Crippen LogP contribution in [0.25, 0.3) is 11.4 Å². The lowest BCUT2D eigenvalue weighted by Crippen LogP contribution is -2.36. The monoisotopic (exact) mass is 419 g/mol. The topological polar surface area (TPSA) is 77.2 Å². The minimum atomic E-state index is -0.703. The van der Waals surface area contributed by atoms with Gasteiger partial charge in [-0.2, -0.15) is 4.98 Å². The van der Waals surface area contributed by atoms with Crippen molar-refractivity contribution in [2.24, 2.45) is 0 Å². The number of ether oxygens (including phenoxy) is 1. The fraction of sp³-hybridized carbons (Fsp3) is 0.250. The number of aryl methyl sites for hydroxylation is 2. The Morgan fingerprint density at radius 2 is 1.89 bits per heavy atom. The van der Waals surface area contributed by atoms with Crippen LogP contribution in [0.2, 0.25) is 10.0 Å². The Bertz CT molecular complexity index is 981. The Labute approximate surface area is 172 Å². The van der Waals surface area contributed by atoms with Crippen LogP contribution in [0.3, 0.4) is 0 Å². The molecule has 6 nitrogen and oxygen atoms in total. The number of aromatic nitrogens is 2. The van der Waals surface area contributed by atoms with E-state index in [0.29, 0.717) is 27.2 Å². The van der Waals surface area contributed by atoms with E-state index in [1.807, 2.05) is 26.0 Å². The van der Waals surface area contributed by atoms with Gasteiger partial charge in [0.25, 0.3) is 5.91 Å². The first-order valence-electron chi connectivity index (χ1n) is 8.63. The van der Waals surface area contributed by atoms with Gasteiger partial charge in [-0.15, -0.1) is 0 Å². The smallest absolute Gasteiger partial charge is 0.261 e. The highest BCUT2D eigenvalue weighted by molar-refractivity contribution is 6.33. The van der Waals surface area contributed by atoms with Gasteiger partial charge in [-0.3, -0.25) is 4.79 Å². The average Bonchev–Trinajstić information content (AvgIpc) is 3.13. The van der Waals surface area contributed by atoms with E-state index in [9.17, 15) is 4.79 Å². The number of hydrogen-bond donors (Lipinski definition) is 1. The molecule has 0 bridgehead atoms. The number of carbonyl (C=O) groups is 1. The van der Waals surface area contributed by atoms with Crippen LogP contribution >= 0.6 is 23.2 Å². The van der Waals surface area contributed by atoms with E-state index in [4.69, 9.17) is 32.5 Å². The van der Waals surface area contributed by atoms with E-state index in [1.165, 1.54) is 0 Å². The quantitative estimate of drug-likeness (QED) is 0.623. The third-order valence-electron chi connectivity index (χ3n) is 4.09. The lowest BCUT2D eigenvalue weighted by Gasteiger charge is -2.15. The number of nitrogens with one attached hydrogen (secondary N) is 1. The molecule has 3 rings (SSSR count). The average molecular weight is 420 g/mol. The minimum absolute atomic E-state index is 0.0860. The van der Waals surface area contributed by atoms with Gasteiger partial charge in [-0.1, -0.05) is 40.5 Å². The van der Waals surface area contributed by atoms with Crippen LogP contribution in [0, 0.1) is 13.8 Å². The molecule has 1 heterocycles. The van der Waals surface area contributed by atoms with E-state index in [-0.39, 0.29) is 18.3 Å². The van der Waals surface area contributed by atoms with Crippen molar-refractivity contribution in [3.8, 4) is 17.1 Å². The molecular weight excluding hydrogens is 401 g/mol. The van der Waals surface area contributed by atoms with E-state index < -0.39 is 6.10 Å². The summed E-state index contributed by atoms with van der Waals surface area (Å²) in [6, 6.07) is 10.8. The molecule has 0 saturated heterocycles. The molecule has 3 aromatic rings. The van der Waals surface area contributed by atoms with Gasteiger partial charge in [0.15, 0.2) is 6.10 Å². The van der Waals surface area contributed by atoms with Gasteiger partial charge in [-0.25, -0.2) is 0 Å². The fourth-order valence-electron chi connectivity index (χ4n) is 2.62. The summed E-state index contributed by atoms with van der Waals surface area (Å²) in [5.74, 6) is 0.920. The number of nitrogens with zero attached hydrogens (tertiary/aromatic N) is 2. The minimum Gasteiger partial charge on any atom is -0.481 e. The Morgan fingerprint density at radius 1 is 1.21 bits per heavy atom. The maximum atomic E-state index is 12.3. The van der Waals surface area contributed by atoms with Gasteiger partial charge in [-0.05, 0) is 56.2 Å². The van der Waals surface area contributed by atoms with Gasteiger partial charge < -0.3 is 14.6 Å². The zero-order valence-corrected chi connectivity index (χ0v) is 17.1. The molecule has 0 spiro atoms. The van der Waals surface area contributed by atoms with Crippen molar-refractivity contribution < 1.29 is 14.1 Å². The molecule has 0 radical (unpaired) electrons. The van der Waals surface area contributed by atoms with Crippen molar-refractivity contribution in [1.82, 2.24) is 15.5 Å². The second kappa shape index (κ2) is 8.63. The van der Waals surface area contributed by atoms with Crippen LogP contribution in [0.4, 0.5) is 0 Å². The van der Waals surface area contributed by atoms with Crippen molar-refractivity contribution in [2.45, 2.75) is 33.4 Å². The predicted octanol–water partition coefficient (Wildman–Crippen LogP) is 4.74. The Kier molecular flexibility index (Phi) is 6.21. The standard InChI is InChI=1S/C20H19Cl2N3O3/c1-11-8-14(9-12(2)18(11)22)27-13(3)20(26)23-10-17-24-19(25-28-17)15-6-4-5-7-16(15)21/h4-9,13H,10H2,1-3H3,(H,23,26)/t13-/m0/s1. The van der Waals surface area contributed by atoms with E-state index in [0.717, 1.165) is 11.1 Å². The summed E-state index contributed by atoms with van der Waals surface area (Å²) in [5, 5.41) is 7.83. The van der Waals surface area contributed by atoms with Crippen molar-refractivity contribution >= 4 is 29.1 Å². The summed E-state index contributed by atoms with van der Waals surface area (Å²) in [6.07, 6.45) is -0.703. The molecule has 28 heavy (non-hydrogen) atoms. The molecule has 8 heteroatoms. The number of rotatable bonds is 6. The second-order valence-electron chi connectivity index (χ2n) is 6.34. The number of amides is 1. The molecule has 2 aromatic carbocycles. The Hall–Kier alpha value is -2.57. The highest BCUT2D eigenvalue weighted by atomic mass is 35.5. The summed E-state index contributed by atoms with van der Waals surface area (Å²) in [7, 11) is 0. The summed E-state index contributed by atoms with van der Waals surface area (Å²) in [4.78, 5) is 16.6. The maximum Gasteiger partial charge on any atom is 0.261 e. The van der Waals surface area contributed by atoms with E-state index >= 15 is 0 Å². The molecule has 0 saturated carbocycles. The first-order chi connectivity index (χ1) is 13.3. The first-order valence-corrected chi connectivity index (χ1v) is 9.39. The zero-order valence-electron chi connectivity index (χ0n) is 15.6. The van der Waals surface area contributed by atoms with Crippen molar-refractivity contribution in [1.29, 1.82) is 0 Å². The van der Waals surface area contributed by atoms with Crippen molar-refractivity contribution in [3.63, 3.8) is 0 Å². The normalized spacial score (nSPS) is 11.9. The number of hydrogen-bond acceptors (Lipinski definition) is 5. The van der Waals surface area contributed by atoms with Crippen LogP contribution in [-0.4, -0.2) is 22.2 Å². The van der Waals surface area contributed by atoms with Crippen LogP contribution in [0.5, 0.6) is 5.75 Å². The van der Waals surface area contributed by atoms with Gasteiger partial charge in [0.1, 0.15) is 5.75 Å². The lowest BCUT2D eigenvalue weighted by atomic mass is 10.1. The van der Waals surface area contributed by atoms with Gasteiger partial charge in [0, 0.05) is 10.6 Å². The van der Waals surface area contributed by atoms with Crippen LogP contribution in [-0.2, 0) is 11.3 Å². The van der Waals surface area contributed by atoms with Gasteiger partial charge >= 0.3 is 0 Å². The van der Waals surface area contributed by atoms with Crippen LogP contribution in [0.1, 0.15) is 23.9 Å². The molecule has 1 atom stereocenters. The van der Waals surface area contributed by atoms with Crippen LogP contribution in [0.15, 0.2) is 40.9 Å². The zero-order chi connectivity index (χ0) is 20.3. The highest BCUT2D eigenvalue weighted by Gasteiger charge is 2.17. The SMILES string of the molecule is Cc1cc(O[C@@H](C)C(=O)NCc2nc(-c3ccccc3Cl)no2)cc(C)c1Cl. The molecule has 0 fully saturated rings. The summed E-state index contributed by atoms with van der Waals surface area (Å²) in [5.41, 5.74) is 2.44. The molecular formula is C20H19Cl2N3O3. The van der Waals surface area contributed by atoms with E-state index in [2.05, 4.69) is 15.5 Å². The molecule has 0 aliphatic carbocycles. The predicted molar refractivity (Wildman–Crippen MR) is 108 cm³/mol. The third-order valence-corrected chi connectivity index (χ3v) is 5.01. The highest BCUT2D eigenvalue weighted by Crippen LogP contribution is 2.27. The summed E-state index contributed by atoms with van der Waals surface area (Å²) < 4.78 is 10.9. The summed E-state index contributed by atoms with van der Waals surface area (Å²) in [6.45, 7) is 5.53. The molecule has 0 aliphatic heterocycles.